The SMILES string of the molecule is C/C=C/C[C@@H](C)CC1C(=O)NC(CC)C(=O)N(C)C(COS(C)(=O)=O)C(=O)N(C)[C@@H](CC(C)C)C(=O)N[C@@H](C(C)C)C(=O)N(C)[C@H](CC(C)C)C(=O)N[C@@H](C)C(=O)N[C@H](C)C(=O)N(C)[C@H](CC(C)C)C(=O)N(C)C(=O)N(C)C(C(C)C)C(=O)N1C. The molecule has 0 radical (unpaired) electrons. The van der Waals surface area contributed by atoms with E-state index in [4.69, 9.17) is 4.18 Å². The van der Waals surface area contributed by atoms with E-state index >= 15 is 0 Å². The van der Waals surface area contributed by atoms with E-state index in [1.165, 1.54) is 73.0 Å². The van der Waals surface area contributed by atoms with Crippen LogP contribution in [0.15, 0.2) is 12.2 Å². The molecule has 1 rings (SSSR count). The van der Waals surface area contributed by atoms with Crippen molar-refractivity contribution in [3.63, 3.8) is 0 Å². The lowest BCUT2D eigenvalue weighted by Gasteiger charge is -2.39. The van der Waals surface area contributed by atoms with Gasteiger partial charge in [0.05, 0.1) is 12.9 Å². The number of carbonyl (C=O) groups excluding carboxylic acids is 11. The summed E-state index contributed by atoms with van der Waals surface area (Å²) in [5, 5.41) is 10.8. The Morgan fingerprint density at radius 3 is 1.36 bits per heavy atom. The van der Waals surface area contributed by atoms with Gasteiger partial charge in [0.1, 0.15) is 60.4 Å². The summed E-state index contributed by atoms with van der Waals surface area (Å²) in [6.07, 6.45) is 5.19. The molecule has 0 aromatic rings. The predicted molar refractivity (Wildman–Crippen MR) is 324 cm³/mol. The van der Waals surface area contributed by atoms with E-state index < -0.39 is 154 Å². The monoisotopic (exact) mass is 1220 g/mol. The Kier molecular flexibility index (Phi) is 30.9. The van der Waals surface area contributed by atoms with Gasteiger partial charge in [0.25, 0.3) is 16.0 Å². The highest BCUT2D eigenvalue weighted by atomic mass is 32.2. The Morgan fingerprint density at radius 1 is 0.482 bits per heavy atom. The van der Waals surface area contributed by atoms with Crippen molar-refractivity contribution in [1.29, 1.82) is 0 Å². The average molecular weight is 1220 g/mol. The van der Waals surface area contributed by atoms with Gasteiger partial charge in [0.15, 0.2) is 0 Å². The highest BCUT2D eigenvalue weighted by Crippen LogP contribution is 2.24. The highest BCUT2D eigenvalue weighted by molar-refractivity contribution is 7.86. The first-order valence-corrected chi connectivity index (χ1v) is 31.5. The Labute approximate surface area is 506 Å². The predicted octanol–water partition coefficient (Wildman–Crippen LogP) is 2.82. The Bertz CT molecular complexity index is 2490. The molecule has 1 aliphatic rings. The molecule has 0 bridgehead atoms. The van der Waals surface area contributed by atoms with Crippen molar-refractivity contribution in [1.82, 2.24) is 55.6 Å². The van der Waals surface area contributed by atoms with Crippen molar-refractivity contribution in [3.8, 4) is 0 Å². The summed E-state index contributed by atoms with van der Waals surface area (Å²) in [5.41, 5.74) is 0. The van der Waals surface area contributed by atoms with Gasteiger partial charge in [-0.15, -0.1) is 0 Å². The minimum atomic E-state index is -4.26. The number of nitrogens with one attached hydrogen (secondary N) is 4. The van der Waals surface area contributed by atoms with Crippen molar-refractivity contribution in [2.75, 3.05) is 62.2 Å². The second kappa shape index (κ2) is 34.2. The van der Waals surface area contributed by atoms with Crippen LogP contribution in [0, 0.1) is 35.5 Å². The van der Waals surface area contributed by atoms with Crippen LogP contribution in [0.2, 0.25) is 0 Å². The van der Waals surface area contributed by atoms with E-state index in [9.17, 15) is 61.2 Å². The number of amides is 12. The molecule has 1 heterocycles. The summed E-state index contributed by atoms with van der Waals surface area (Å²) >= 11 is 0. The van der Waals surface area contributed by atoms with E-state index in [0.29, 0.717) is 6.42 Å². The maximum absolute atomic E-state index is 15.0. The summed E-state index contributed by atoms with van der Waals surface area (Å²) in [6.45, 7) is 24.8. The summed E-state index contributed by atoms with van der Waals surface area (Å²) in [6, 6.07) is -14.2. The Hall–Kier alpha value is -6.18. The fourth-order valence-corrected chi connectivity index (χ4v) is 10.5. The zero-order valence-corrected chi connectivity index (χ0v) is 55.9. The smallest absolute Gasteiger partial charge is 0.326 e. The molecule has 4 N–H and O–H groups in total. The number of rotatable bonds is 16. The van der Waals surface area contributed by atoms with Crippen LogP contribution in [0.1, 0.15) is 142 Å². The minimum Gasteiger partial charge on any atom is -0.343 e. The molecular formula is C59H105N11O14S. The first-order chi connectivity index (χ1) is 39.1. The first kappa shape index (κ1) is 76.8. The topological polar surface area (TPSA) is 302 Å². The molecule has 4 unspecified atom stereocenters. The molecule has 1 aliphatic heterocycles. The van der Waals surface area contributed by atoms with Crippen molar-refractivity contribution in [3.05, 3.63) is 12.2 Å². The fraction of sp³-hybridized carbons (Fsp3) is 0.780. The van der Waals surface area contributed by atoms with Crippen LogP contribution in [0.3, 0.4) is 0 Å². The number of hydrogen-bond donors (Lipinski definition) is 4. The second-order valence-corrected chi connectivity index (χ2v) is 26.6. The van der Waals surface area contributed by atoms with E-state index in [1.807, 2.05) is 53.7 Å². The molecule has 0 spiro atoms. The van der Waals surface area contributed by atoms with Gasteiger partial charge in [-0.3, -0.25) is 57.0 Å². The molecule has 12 amide bonds. The molecule has 25 nitrogen and oxygen atoms in total. The zero-order valence-electron chi connectivity index (χ0n) is 55.1. The zero-order chi connectivity index (χ0) is 66.0. The second-order valence-electron chi connectivity index (χ2n) is 25.0. The van der Waals surface area contributed by atoms with Gasteiger partial charge in [-0.25, -0.2) is 4.79 Å². The van der Waals surface area contributed by atoms with Crippen LogP contribution in [-0.2, 0) is 62.2 Å². The van der Waals surface area contributed by atoms with Crippen LogP contribution < -0.4 is 21.3 Å². The molecule has 1 saturated heterocycles. The summed E-state index contributed by atoms with van der Waals surface area (Å²) < 4.78 is 30.3. The number of imide groups is 1. The number of allylic oxidation sites excluding steroid dienone is 2. The van der Waals surface area contributed by atoms with Crippen LogP contribution in [0.5, 0.6) is 0 Å². The molecule has 85 heavy (non-hydrogen) atoms. The van der Waals surface area contributed by atoms with Crippen molar-refractivity contribution in [2.24, 2.45) is 35.5 Å². The van der Waals surface area contributed by atoms with Crippen LogP contribution >= 0.6 is 0 Å². The van der Waals surface area contributed by atoms with Gasteiger partial charge in [0, 0.05) is 49.3 Å². The first-order valence-electron chi connectivity index (χ1n) is 29.6. The van der Waals surface area contributed by atoms with Gasteiger partial charge >= 0.3 is 6.03 Å². The van der Waals surface area contributed by atoms with Crippen LogP contribution in [0.4, 0.5) is 4.79 Å². The third kappa shape index (κ3) is 22.2. The lowest BCUT2D eigenvalue weighted by molar-refractivity contribution is -0.151. The number of carbonyl (C=O) groups is 11. The van der Waals surface area contributed by atoms with E-state index in [1.54, 1.807) is 48.5 Å². The number of likely N-dealkylation sites (N-methyl/N-ethyl adjacent to an activating group) is 7. The minimum absolute atomic E-state index is 0.0156. The molecule has 486 valence electrons. The largest absolute Gasteiger partial charge is 0.343 e. The maximum atomic E-state index is 15.0. The van der Waals surface area contributed by atoms with Gasteiger partial charge in [-0.05, 0) is 94.8 Å². The lowest BCUT2D eigenvalue weighted by atomic mass is 9.94. The Balaban J connectivity index is 4.38. The normalized spacial score (nSPS) is 26.5. The molecule has 0 aromatic carbocycles. The quantitative estimate of drug-likeness (QED) is 0.128. The van der Waals surface area contributed by atoms with Crippen molar-refractivity contribution >= 4 is 75.2 Å². The van der Waals surface area contributed by atoms with Gasteiger partial charge < -0.3 is 50.7 Å². The lowest BCUT2D eigenvalue weighted by Crippen LogP contribution is -2.62. The van der Waals surface area contributed by atoms with Gasteiger partial charge in [-0.2, -0.15) is 8.42 Å². The van der Waals surface area contributed by atoms with Crippen LogP contribution in [0.25, 0.3) is 0 Å². The molecule has 11 atom stereocenters. The van der Waals surface area contributed by atoms with E-state index in [2.05, 4.69) is 21.3 Å². The highest BCUT2D eigenvalue weighted by Gasteiger charge is 2.44. The molecule has 26 heteroatoms. The standard InChI is InChI=1S/C59H105N11O14S/c1-24-26-27-38(13)31-44-51(73)62-41(25-2)54(76)68(20)46(32-84-85(23,82)83)56(78)64(16)43(29-34(5)6)52(74)63-47(36(9)10)57(79)65(17)42(28-33(3)4)50(72)60-39(14)49(71)61-40(15)53(75)67(19)45(30-35(7)8)55(77)70(22)59(81)69(21)48(37(11)12)58(80)66(44)18/h24,26,33-48H,25,27-32H2,1-23H3,(H,60,72)(H,61,71)(H,62,73)(H,63,74)/b26-24+/t38-,39+,40-,41?,42-,43+,44?,45-,46?,47+,48?/m1/s1. The number of nitrogens with zero attached hydrogens (tertiary/aromatic N) is 7. The summed E-state index contributed by atoms with van der Waals surface area (Å²) in [7, 11) is 4.97. The van der Waals surface area contributed by atoms with Crippen LogP contribution in [-0.4, -0.2) is 230 Å². The molecule has 0 saturated carbocycles. The van der Waals surface area contributed by atoms with Crippen molar-refractivity contribution in [2.45, 2.75) is 203 Å². The molecule has 0 aromatic heterocycles. The van der Waals surface area contributed by atoms with Gasteiger partial charge in [-0.1, -0.05) is 95.2 Å². The molecular weight excluding hydrogens is 1120 g/mol. The Morgan fingerprint density at radius 2 is 0.906 bits per heavy atom. The van der Waals surface area contributed by atoms with Gasteiger partial charge in [0.2, 0.25) is 53.2 Å². The fourth-order valence-electron chi connectivity index (χ4n) is 10.2. The number of hydrogen-bond acceptors (Lipinski definition) is 14. The number of urea groups is 1. The van der Waals surface area contributed by atoms with Crippen molar-refractivity contribution < 1.29 is 65.3 Å². The third-order valence-electron chi connectivity index (χ3n) is 15.4. The average Bonchev–Trinajstić information content (AvgIpc) is 3.51. The summed E-state index contributed by atoms with van der Waals surface area (Å²) in [4.78, 5) is 167. The van der Waals surface area contributed by atoms with E-state index in [-0.39, 0.29) is 55.8 Å². The molecule has 1 fully saturated rings. The van der Waals surface area contributed by atoms with E-state index in [0.717, 1.165) is 30.8 Å². The summed E-state index contributed by atoms with van der Waals surface area (Å²) in [5.74, 6) is -9.78. The maximum Gasteiger partial charge on any atom is 0.326 e. The third-order valence-corrected chi connectivity index (χ3v) is 16.0. The molecule has 0 aliphatic carbocycles.